The van der Waals surface area contributed by atoms with E-state index in [4.69, 9.17) is 21.1 Å². The molecular formula is C23H30ClF2N3O4. The van der Waals surface area contributed by atoms with Crippen molar-refractivity contribution in [1.29, 1.82) is 0 Å². The quantitative estimate of drug-likeness (QED) is 0.500. The van der Waals surface area contributed by atoms with Crippen molar-refractivity contribution in [1.82, 2.24) is 16.0 Å². The maximum Gasteiger partial charge on any atom is 0.258 e. The summed E-state index contributed by atoms with van der Waals surface area (Å²) in [5, 5.41) is 9.31. The van der Waals surface area contributed by atoms with E-state index >= 15 is 0 Å². The highest BCUT2D eigenvalue weighted by Gasteiger charge is 2.60. The third-order valence-corrected chi connectivity index (χ3v) is 7.24. The van der Waals surface area contributed by atoms with E-state index < -0.39 is 17.6 Å². The first-order valence-electron chi connectivity index (χ1n) is 11.4. The Bertz CT molecular complexity index is 873. The lowest BCUT2D eigenvalue weighted by atomic mass is 9.69. The fourth-order valence-corrected chi connectivity index (χ4v) is 5.36. The maximum absolute atomic E-state index is 13.5. The second kappa shape index (κ2) is 10.1. The molecule has 0 spiro atoms. The van der Waals surface area contributed by atoms with Crippen molar-refractivity contribution in [2.24, 2.45) is 11.3 Å². The number of hydrogen-bond acceptors (Lipinski definition) is 5. The zero-order valence-corrected chi connectivity index (χ0v) is 19.3. The highest BCUT2D eigenvalue weighted by molar-refractivity contribution is 6.30. The van der Waals surface area contributed by atoms with Gasteiger partial charge in [-0.15, -0.1) is 0 Å². The SMILES string of the molecule is CC(F)OC1CCC(CNC(=O)C23CC(C2)C(NC(=O)COc2ccc(Cl)c(F)c2)C3)NC1. The highest BCUT2D eigenvalue weighted by atomic mass is 35.5. The van der Waals surface area contributed by atoms with Gasteiger partial charge >= 0.3 is 0 Å². The summed E-state index contributed by atoms with van der Waals surface area (Å²) >= 11 is 5.64. The number of carbonyl (C=O) groups is 2. The van der Waals surface area contributed by atoms with Crippen LogP contribution in [0.2, 0.25) is 5.02 Å². The smallest absolute Gasteiger partial charge is 0.258 e. The van der Waals surface area contributed by atoms with Crippen molar-refractivity contribution in [3.63, 3.8) is 0 Å². The van der Waals surface area contributed by atoms with Gasteiger partial charge in [-0.05, 0) is 57.1 Å². The lowest BCUT2D eigenvalue weighted by molar-refractivity contribution is -0.135. The molecule has 4 fully saturated rings. The summed E-state index contributed by atoms with van der Waals surface area (Å²) in [7, 11) is 0. The third-order valence-electron chi connectivity index (χ3n) is 6.93. The van der Waals surface area contributed by atoms with Crippen LogP contribution in [0, 0.1) is 17.2 Å². The van der Waals surface area contributed by atoms with E-state index in [0.717, 1.165) is 31.7 Å². The lowest BCUT2D eigenvalue weighted by Gasteiger charge is -2.37. The van der Waals surface area contributed by atoms with E-state index in [2.05, 4.69) is 16.0 Å². The third kappa shape index (κ3) is 5.75. The van der Waals surface area contributed by atoms with Crippen LogP contribution >= 0.6 is 11.6 Å². The molecule has 3 N–H and O–H groups in total. The Kier molecular flexibility index (Phi) is 7.40. The van der Waals surface area contributed by atoms with Crippen molar-refractivity contribution in [3.05, 3.63) is 29.0 Å². The molecule has 182 valence electrons. The second-order valence-corrected chi connectivity index (χ2v) is 9.79. The zero-order valence-electron chi connectivity index (χ0n) is 18.5. The van der Waals surface area contributed by atoms with E-state index in [9.17, 15) is 18.4 Å². The molecule has 0 radical (unpaired) electrons. The first-order valence-corrected chi connectivity index (χ1v) is 11.8. The number of rotatable bonds is 9. The standard InChI is InChI=1S/C23H30ClF2N3O4/c1-13(25)33-17-3-2-15(27-11-17)10-28-22(31)23-7-14(8-23)20(9-23)29-21(30)12-32-16-4-5-18(24)19(26)6-16/h4-6,13-15,17,20,27H,2-3,7-12H2,1H3,(H,28,31)(H,29,30). The number of fused-ring (bicyclic) bond motifs is 1. The molecule has 1 aliphatic heterocycles. The molecule has 7 nitrogen and oxygen atoms in total. The fraction of sp³-hybridized carbons (Fsp3) is 0.652. The largest absolute Gasteiger partial charge is 0.484 e. The molecule has 0 aromatic heterocycles. The summed E-state index contributed by atoms with van der Waals surface area (Å²) in [6.45, 7) is 2.23. The van der Waals surface area contributed by atoms with Crippen LogP contribution in [0.5, 0.6) is 5.75 Å². The van der Waals surface area contributed by atoms with Crippen LogP contribution in [-0.4, -0.2) is 56.1 Å². The van der Waals surface area contributed by atoms with Gasteiger partial charge in [-0.1, -0.05) is 11.6 Å². The molecule has 33 heavy (non-hydrogen) atoms. The Labute approximate surface area is 196 Å². The Morgan fingerprint density at radius 2 is 2.09 bits per heavy atom. The molecule has 10 heteroatoms. The summed E-state index contributed by atoms with van der Waals surface area (Å²) in [4.78, 5) is 25.2. The number of carbonyl (C=O) groups excluding carboxylic acids is 2. The van der Waals surface area contributed by atoms with Crippen LogP contribution in [0.3, 0.4) is 0 Å². The van der Waals surface area contributed by atoms with E-state index in [1.165, 1.54) is 19.1 Å². The maximum atomic E-state index is 13.5. The Morgan fingerprint density at radius 1 is 1.30 bits per heavy atom. The first kappa shape index (κ1) is 24.2. The van der Waals surface area contributed by atoms with E-state index in [-0.39, 0.29) is 53.3 Å². The predicted octanol–water partition coefficient (Wildman–Crippen LogP) is 2.71. The van der Waals surface area contributed by atoms with Crippen LogP contribution in [0.25, 0.3) is 0 Å². The topological polar surface area (TPSA) is 88.7 Å². The molecule has 3 saturated carbocycles. The highest BCUT2D eigenvalue weighted by Crippen LogP contribution is 2.58. The number of amides is 2. The minimum Gasteiger partial charge on any atom is -0.484 e. The number of piperidine rings is 1. The van der Waals surface area contributed by atoms with Gasteiger partial charge in [0.15, 0.2) is 13.0 Å². The Hall–Kier alpha value is -1.97. The predicted molar refractivity (Wildman–Crippen MR) is 118 cm³/mol. The Morgan fingerprint density at radius 3 is 2.76 bits per heavy atom. The summed E-state index contributed by atoms with van der Waals surface area (Å²) in [6, 6.07) is 4.08. The molecule has 4 unspecified atom stereocenters. The molecule has 1 saturated heterocycles. The molecule has 5 rings (SSSR count). The summed E-state index contributed by atoms with van der Waals surface area (Å²) in [5.74, 6) is -0.372. The minimum absolute atomic E-state index is 0.00924. The number of hydrogen-bond donors (Lipinski definition) is 3. The molecular weight excluding hydrogens is 456 g/mol. The summed E-state index contributed by atoms with van der Waals surface area (Å²) in [6.07, 6.45) is 2.28. The van der Waals surface area contributed by atoms with Crippen molar-refractivity contribution >= 4 is 23.4 Å². The first-order chi connectivity index (χ1) is 15.7. The van der Waals surface area contributed by atoms with Gasteiger partial charge in [0, 0.05) is 31.2 Å². The molecule has 2 bridgehead atoms. The Balaban J connectivity index is 1.17. The molecule has 1 aromatic carbocycles. The molecule has 4 atom stereocenters. The van der Waals surface area contributed by atoms with Gasteiger partial charge in [-0.2, -0.15) is 0 Å². The average Bonchev–Trinajstić information content (AvgIpc) is 3.29. The van der Waals surface area contributed by atoms with Gasteiger partial charge in [-0.25, -0.2) is 8.78 Å². The molecule has 4 aliphatic rings. The number of halogens is 3. The van der Waals surface area contributed by atoms with Crippen LogP contribution in [-0.2, 0) is 14.3 Å². The van der Waals surface area contributed by atoms with Crippen LogP contribution < -0.4 is 20.7 Å². The van der Waals surface area contributed by atoms with Crippen LogP contribution in [0.1, 0.15) is 39.0 Å². The number of alkyl halides is 1. The molecule has 3 aliphatic carbocycles. The van der Waals surface area contributed by atoms with Crippen molar-refractivity contribution in [3.8, 4) is 5.75 Å². The van der Waals surface area contributed by atoms with Gasteiger partial charge in [0.1, 0.15) is 11.6 Å². The van der Waals surface area contributed by atoms with Gasteiger partial charge in [0.2, 0.25) is 5.91 Å². The van der Waals surface area contributed by atoms with E-state index in [1.807, 2.05) is 0 Å². The molecule has 2 amide bonds. The molecule has 1 aromatic rings. The zero-order chi connectivity index (χ0) is 23.6. The number of benzene rings is 1. The van der Waals surface area contributed by atoms with Gasteiger partial charge < -0.3 is 25.4 Å². The van der Waals surface area contributed by atoms with Gasteiger partial charge in [-0.3, -0.25) is 9.59 Å². The van der Waals surface area contributed by atoms with Crippen molar-refractivity contribution in [2.45, 2.75) is 63.6 Å². The van der Waals surface area contributed by atoms with Crippen LogP contribution in [0.4, 0.5) is 8.78 Å². The average molecular weight is 486 g/mol. The molecule has 1 heterocycles. The minimum atomic E-state index is -1.28. The lowest BCUT2D eigenvalue weighted by Crippen LogP contribution is -2.52. The summed E-state index contributed by atoms with van der Waals surface area (Å²) < 4.78 is 37.0. The van der Waals surface area contributed by atoms with Crippen molar-refractivity contribution in [2.75, 3.05) is 19.7 Å². The monoisotopic (exact) mass is 485 g/mol. The normalized spacial score (nSPS) is 31.4. The fourth-order valence-electron chi connectivity index (χ4n) is 5.24. The van der Waals surface area contributed by atoms with Gasteiger partial charge in [0.05, 0.1) is 16.5 Å². The van der Waals surface area contributed by atoms with Crippen molar-refractivity contribution < 1.29 is 27.8 Å². The van der Waals surface area contributed by atoms with E-state index in [0.29, 0.717) is 19.5 Å². The van der Waals surface area contributed by atoms with Gasteiger partial charge in [0.25, 0.3) is 5.91 Å². The van der Waals surface area contributed by atoms with E-state index in [1.54, 1.807) is 0 Å². The number of ether oxygens (including phenoxy) is 2. The summed E-state index contributed by atoms with van der Waals surface area (Å²) in [5.41, 5.74) is -0.424. The number of nitrogens with one attached hydrogen (secondary N) is 3. The van der Waals surface area contributed by atoms with Crippen LogP contribution in [0.15, 0.2) is 18.2 Å². The second-order valence-electron chi connectivity index (χ2n) is 9.39.